The molecule has 4 aliphatic carbocycles. The lowest BCUT2D eigenvalue weighted by molar-refractivity contribution is -0.197. The topological polar surface area (TPSA) is 0 Å². The lowest BCUT2D eigenvalue weighted by atomic mass is 9.36. The highest BCUT2D eigenvalue weighted by molar-refractivity contribution is 5.23. The summed E-state index contributed by atoms with van der Waals surface area (Å²) in [6.45, 7) is 17.5. The molecule has 0 spiro atoms. The SMILES string of the molecule is C=C1CCC2C3CCC4(C(C)(C)C)CCCCC4(C)C3CCC12CC. The summed E-state index contributed by atoms with van der Waals surface area (Å²) in [5, 5.41) is 0. The maximum absolute atomic E-state index is 4.57. The van der Waals surface area contributed by atoms with Crippen LogP contribution in [-0.4, -0.2) is 0 Å². The van der Waals surface area contributed by atoms with Crippen molar-refractivity contribution in [2.45, 2.75) is 105 Å². The van der Waals surface area contributed by atoms with Crippen LogP contribution in [0.2, 0.25) is 0 Å². The van der Waals surface area contributed by atoms with Crippen molar-refractivity contribution in [3.05, 3.63) is 12.2 Å². The highest BCUT2D eigenvalue weighted by Gasteiger charge is 2.65. The number of fused-ring (bicyclic) bond motifs is 5. The van der Waals surface area contributed by atoms with Crippen LogP contribution in [0.5, 0.6) is 0 Å². The molecule has 0 nitrogen and oxygen atoms in total. The Balaban J connectivity index is 1.74. The molecule has 0 N–H and O–H groups in total. The molecule has 25 heavy (non-hydrogen) atoms. The predicted molar refractivity (Wildman–Crippen MR) is 108 cm³/mol. The molecule has 0 bridgehead atoms. The standard InChI is InChI=1S/C25H42/c1-7-24-16-13-20-19(21(24)11-10-18(24)2)12-17-25(22(3,4)5)15-9-8-14-23(20,25)6/h19-21H,2,7-17H2,1,3-6H3. The van der Waals surface area contributed by atoms with Gasteiger partial charge in [-0.1, -0.05) is 59.6 Å². The summed E-state index contributed by atoms with van der Waals surface area (Å²) in [6, 6.07) is 0. The monoisotopic (exact) mass is 342 g/mol. The molecular formula is C25H42. The Hall–Kier alpha value is -0.260. The lowest BCUT2D eigenvalue weighted by Crippen LogP contribution is -2.61. The highest BCUT2D eigenvalue weighted by atomic mass is 14.7. The van der Waals surface area contributed by atoms with E-state index in [9.17, 15) is 0 Å². The van der Waals surface area contributed by atoms with Gasteiger partial charge in [-0.25, -0.2) is 0 Å². The maximum atomic E-state index is 4.57. The molecule has 4 fully saturated rings. The van der Waals surface area contributed by atoms with Crippen LogP contribution in [0.3, 0.4) is 0 Å². The van der Waals surface area contributed by atoms with Crippen LogP contribution in [0, 0.1) is 39.4 Å². The lowest BCUT2D eigenvalue weighted by Gasteiger charge is -2.69. The van der Waals surface area contributed by atoms with Crippen LogP contribution in [0.1, 0.15) is 105 Å². The van der Waals surface area contributed by atoms with E-state index in [1.54, 1.807) is 5.57 Å². The molecule has 0 radical (unpaired) electrons. The Morgan fingerprint density at radius 1 is 0.960 bits per heavy atom. The number of allylic oxidation sites excluding steroid dienone is 1. The fourth-order valence-electron chi connectivity index (χ4n) is 9.31. The van der Waals surface area contributed by atoms with E-state index < -0.39 is 0 Å². The van der Waals surface area contributed by atoms with E-state index in [1.807, 2.05) is 0 Å². The molecule has 0 aromatic heterocycles. The predicted octanol–water partition coefficient (Wildman–Crippen LogP) is 7.78. The summed E-state index contributed by atoms with van der Waals surface area (Å²) in [7, 11) is 0. The third-order valence-electron chi connectivity index (χ3n) is 10.5. The molecule has 0 aliphatic heterocycles. The molecule has 0 saturated heterocycles. The second-order valence-corrected chi connectivity index (χ2v) is 11.6. The summed E-state index contributed by atoms with van der Waals surface area (Å²) in [5.74, 6) is 2.93. The average molecular weight is 343 g/mol. The van der Waals surface area contributed by atoms with Crippen molar-refractivity contribution in [3.63, 3.8) is 0 Å². The van der Waals surface area contributed by atoms with Crippen LogP contribution in [0.15, 0.2) is 12.2 Å². The van der Waals surface area contributed by atoms with Crippen molar-refractivity contribution in [1.82, 2.24) is 0 Å². The van der Waals surface area contributed by atoms with E-state index in [0.717, 1.165) is 17.8 Å². The van der Waals surface area contributed by atoms with E-state index in [-0.39, 0.29) is 0 Å². The molecule has 0 amide bonds. The normalized spacial score (nSPS) is 50.1. The van der Waals surface area contributed by atoms with Crippen molar-refractivity contribution >= 4 is 0 Å². The third-order valence-corrected chi connectivity index (χ3v) is 10.5. The summed E-state index contributed by atoms with van der Waals surface area (Å²) in [4.78, 5) is 0. The Morgan fingerprint density at radius 2 is 1.68 bits per heavy atom. The second-order valence-electron chi connectivity index (χ2n) is 11.6. The molecular weight excluding hydrogens is 300 g/mol. The Labute approximate surface area is 157 Å². The molecule has 0 heteroatoms. The first-order chi connectivity index (χ1) is 11.7. The van der Waals surface area contributed by atoms with E-state index in [0.29, 0.717) is 21.7 Å². The third kappa shape index (κ3) is 2.12. The highest BCUT2D eigenvalue weighted by Crippen LogP contribution is 2.74. The van der Waals surface area contributed by atoms with Gasteiger partial charge in [-0.05, 0) is 97.2 Å². The van der Waals surface area contributed by atoms with Crippen molar-refractivity contribution in [1.29, 1.82) is 0 Å². The number of hydrogen-bond donors (Lipinski definition) is 0. The van der Waals surface area contributed by atoms with Crippen molar-refractivity contribution < 1.29 is 0 Å². The molecule has 6 atom stereocenters. The van der Waals surface area contributed by atoms with Gasteiger partial charge in [-0.2, -0.15) is 0 Å². The minimum atomic E-state index is 0.450. The summed E-state index contributed by atoms with van der Waals surface area (Å²) in [5.41, 5.74) is 3.76. The number of hydrogen-bond acceptors (Lipinski definition) is 0. The van der Waals surface area contributed by atoms with Crippen LogP contribution in [0.25, 0.3) is 0 Å². The minimum Gasteiger partial charge on any atom is -0.0993 e. The van der Waals surface area contributed by atoms with Gasteiger partial charge in [0.05, 0.1) is 0 Å². The first-order valence-corrected chi connectivity index (χ1v) is 11.4. The summed E-state index contributed by atoms with van der Waals surface area (Å²) >= 11 is 0. The molecule has 4 rings (SSSR count). The molecule has 0 heterocycles. The van der Waals surface area contributed by atoms with Crippen molar-refractivity contribution in [2.24, 2.45) is 39.4 Å². The van der Waals surface area contributed by atoms with Gasteiger partial charge < -0.3 is 0 Å². The van der Waals surface area contributed by atoms with Gasteiger partial charge in [0.25, 0.3) is 0 Å². The molecule has 142 valence electrons. The zero-order valence-corrected chi connectivity index (χ0v) is 17.7. The van der Waals surface area contributed by atoms with Gasteiger partial charge in [-0.3, -0.25) is 0 Å². The van der Waals surface area contributed by atoms with Crippen molar-refractivity contribution in [2.75, 3.05) is 0 Å². The quantitative estimate of drug-likeness (QED) is 0.427. The minimum absolute atomic E-state index is 0.450. The van der Waals surface area contributed by atoms with Gasteiger partial charge in [0.2, 0.25) is 0 Å². The largest absolute Gasteiger partial charge is 0.0993 e. The van der Waals surface area contributed by atoms with Crippen LogP contribution >= 0.6 is 0 Å². The smallest absolute Gasteiger partial charge is 0.00622 e. The Morgan fingerprint density at radius 3 is 2.36 bits per heavy atom. The van der Waals surface area contributed by atoms with Crippen LogP contribution in [-0.2, 0) is 0 Å². The first-order valence-electron chi connectivity index (χ1n) is 11.4. The van der Waals surface area contributed by atoms with E-state index in [1.165, 1.54) is 70.6 Å². The zero-order chi connectivity index (χ0) is 18.1. The van der Waals surface area contributed by atoms with E-state index in [4.69, 9.17) is 0 Å². The van der Waals surface area contributed by atoms with E-state index >= 15 is 0 Å². The fourth-order valence-corrected chi connectivity index (χ4v) is 9.31. The second kappa shape index (κ2) is 5.62. The first kappa shape index (κ1) is 18.1. The van der Waals surface area contributed by atoms with Crippen LogP contribution < -0.4 is 0 Å². The molecule has 0 aromatic carbocycles. The Bertz CT molecular complexity index is 551. The molecule has 4 aliphatic rings. The summed E-state index contributed by atoms with van der Waals surface area (Å²) < 4.78 is 0. The van der Waals surface area contributed by atoms with Gasteiger partial charge >= 0.3 is 0 Å². The van der Waals surface area contributed by atoms with E-state index in [2.05, 4.69) is 41.2 Å². The maximum Gasteiger partial charge on any atom is -0.00622 e. The van der Waals surface area contributed by atoms with Crippen molar-refractivity contribution in [3.8, 4) is 0 Å². The Kier molecular flexibility index (Phi) is 4.07. The summed E-state index contributed by atoms with van der Waals surface area (Å²) in [6.07, 6.45) is 16.0. The fraction of sp³-hybridized carbons (Fsp3) is 0.920. The molecule has 4 saturated carbocycles. The average Bonchev–Trinajstić information content (AvgIpc) is 2.91. The zero-order valence-electron chi connectivity index (χ0n) is 17.7. The van der Waals surface area contributed by atoms with Gasteiger partial charge in [0.1, 0.15) is 0 Å². The number of rotatable bonds is 1. The molecule has 6 unspecified atom stereocenters. The van der Waals surface area contributed by atoms with Gasteiger partial charge in [0, 0.05) is 0 Å². The van der Waals surface area contributed by atoms with Gasteiger partial charge in [0.15, 0.2) is 0 Å². The van der Waals surface area contributed by atoms with Crippen LogP contribution in [0.4, 0.5) is 0 Å². The molecule has 0 aromatic rings. The van der Waals surface area contributed by atoms with Gasteiger partial charge in [-0.15, -0.1) is 0 Å².